The van der Waals surface area contributed by atoms with Crippen LogP contribution in [0.5, 0.6) is 5.75 Å². The molecule has 4 rings (SSSR count). The maximum atomic E-state index is 12.6. The second-order valence-electron chi connectivity index (χ2n) is 5.99. The highest BCUT2D eigenvalue weighted by molar-refractivity contribution is 7.15. The van der Waals surface area contributed by atoms with Gasteiger partial charge in [0.05, 0.1) is 4.53 Å². The van der Waals surface area contributed by atoms with Crippen molar-refractivity contribution in [2.45, 2.75) is 0 Å². The Morgan fingerprint density at radius 3 is 2.54 bits per heavy atom. The Morgan fingerprint density at radius 1 is 1.04 bits per heavy atom. The second kappa shape index (κ2) is 8.02. The van der Waals surface area contributed by atoms with E-state index < -0.39 is 0 Å². The lowest BCUT2D eigenvalue weighted by Gasteiger charge is -2.02. The lowest BCUT2D eigenvalue weighted by Crippen LogP contribution is -2.23. The number of ether oxygens (including phenoxy) is 1. The number of thiazole rings is 1. The van der Waals surface area contributed by atoms with E-state index in [1.807, 2.05) is 66.7 Å². The zero-order valence-corrected chi connectivity index (χ0v) is 15.8. The lowest BCUT2D eigenvalue weighted by molar-refractivity contribution is 0.363. The number of hydrogen-bond donors (Lipinski definition) is 0. The van der Waals surface area contributed by atoms with Gasteiger partial charge in [-0.05, 0) is 35.4 Å². The van der Waals surface area contributed by atoms with Crippen LogP contribution in [0.3, 0.4) is 0 Å². The third-order valence-electron chi connectivity index (χ3n) is 3.97. The SMILES string of the molecule is C=CCOc1ccc(/C=c2/sc3nc(/C=C/c4ccccc4)nn3c2=O)cc1. The summed E-state index contributed by atoms with van der Waals surface area (Å²) in [5.74, 6) is 1.28. The van der Waals surface area contributed by atoms with Gasteiger partial charge in [0.2, 0.25) is 4.96 Å². The summed E-state index contributed by atoms with van der Waals surface area (Å²) >= 11 is 1.32. The maximum Gasteiger partial charge on any atom is 0.291 e. The molecule has 28 heavy (non-hydrogen) atoms. The third kappa shape index (κ3) is 3.92. The van der Waals surface area contributed by atoms with Crippen molar-refractivity contribution in [2.75, 3.05) is 6.61 Å². The quantitative estimate of drug-likeness (QED) is 0.476. The summed E-state index contributed by atoms with van der Waals surface area (Å²) in [5.41, 5.74) is 1.80. The molecular formula is C22H17N3O2S. The first kappa shape index (κ1) is 17.9. The average molecular weight is 387 g/mol. The normalized spacial score (nSPS) is 12.1. The molecule has 0 N–H and O–H groups in total. The van der Waals surface area contributed by atoms with E-state index in [0.29, 0.717) is 21.9 Å². The minimum atomic E-state index is -0.168. The van der Waals surface area contributed by atoms with E-state index in [9.17, 15) is 4.79 Å². The van der Waals surface area contributed by atoms with Crippen LogP contribution >= 0.6 is 11.3 Å². The van der Waals surface area contributed by atoms with Crippen LogP contribution < -0.4 is 14.8 Å². The molecule has 0 spiro atoms. The van der Waals surface area contributed by atoms with Crippen LogP contribution in [0.4, 0.5) is 0 Å². The van der Waals surface area contributed by atoms with Crippen molar-refractivity contribution in [3.63, 3.8) is 0 Å². The topological polar surface area (TPSA) is 56.5 Å². The Balaban J connectivity index is 1.59. The number of fused-ring (bicyclic) bond motifs is 1. The summed E-state index contributed by atoms with van der Waals surface area (Å²) in [4.78, 5) is 17.6. The van der Waals surface area contributed by atoms with Gasteiger partial charge in [-0.25, -0.2) is 0 Å². The number of nitrogens with zero attached hydrogens (tertiary/aromatic N) is 3. The lowest BCUT2D eigenvalue weighted by atomic mass is 10.2. The van der Waals surface area contributed by atoms with E-state index in [1.165, 1.54) is 15.9 Å². The fourth-order valence-corrected chi connectivity index (χ4v) is 3.54. The molecule has 0 amide bonds. The van der Waals surface area contributed by atoms with Crippen LogP contribution in [0.25, 0.3) is 23.2 Å². The van der Waals surface area contributed by atoms with Gasteiger partial charge in [-0.15, -0.1) is 5.10 Å². The second-order valence-corrected chi connectivity index (χ2v) is 7.00. The predicted molar refractivity (Wildman–Crippen MR) is 113 cm³/mol. The smallest absolute Gasteiger partial charge is 0.291 e. The summed E-state index contributed by atoms with van der Waals surface area (Å²) in [6, 6.07) is 17.4. The molecule has 4 aromatic rings. The first-order valence-corrected chi connectivity index (χ1v) is 9.53. The highest BCUT2D eigenvalue weighted by atomic mass is 32.1. The van der Waals surface area contributed by atoms with Crippen molar-refractivity contribution in [3.8, 4) is 5.75 Å². The largest absolute Gasteiger partial charge is 0.490 e. The summed E-state index contributed by atoms with van der Waals surface area (Å²) in [6.45, 7) is 4.09. The Labute approximate surface area is 165 Å². The average Bonchev–Trinajstić information content (AvgIpc) is 3.25. The van der Waals surface area contributed by atoms with Crippen LogP contribution in [-0.4, -0.2) is 21.2 Å². The van der Waals surface area contributed by atoms with Crippen molar-refractivity contribution in [1.29, 1.82) is 0 Å². The Hall–Kier alpha value is -3.51. The van der Waals surface area contributed by atoms with E-state index in [0.717, 1.165) is 16.9 Å². The fourth-order valence-electron chi connectivity index (χ4n) is 2.62. The van der Waals surface area contributed by atoms with Crippen LogP contribution in [0, 0.1) is 0 Å². The molecule has 2 aromatic heterocycles. The standard InChI is InChI=1S/C22H17N3O2S/c1-2-14-27-18-11-8-17(9-12-18)15-19-21(26)25-22(28-19)23-20(24-25)13-10-16-6-4-3-5-7-16/h2-13,15H,1,14H2/b13-10+,19-15+. The summed E-state index contributed by atoms with van der Waals surface area (Å²) in [5, 5.41) is 4.30. The number of aromatic nitrogens is 3. The molecule has 0 fully saturated rings. The maximum absolute atomic E-state index is 12.6. The molecule has 2 heterocycles. The Morgan fingerprint density at radius 2 is 1.82 bits per heavy atom. The monoisotopic (exact) mass is 387 g/mol. The molecule has 0 aliphatic heterocycles. The minimum absolute atomic E-state index is 0.168. The van der Waals surface area contributed by atoms with E-state index in [4.69, 9.17) is 4.74 Å². The molecule has 5 nitrogen and oxygen atoms in total. The molecule has 6 heteroatoms. The number of benzene rings is 2. The van der Waals surface area contributed by atoms with Crippen molar-refractivity contribution in [3.05, 3.63) is 99.1 Å². The Bertz CT molecular complexity index is 1240. The van der Waals surface area contributed by atoms with Gasteiger partial charge in [0.25, 0.3) is 5.56 Å². The minimum Gasteiger partial charge on any atom is -0.490 e. The molecule has 0 radical (unpaired) electrons. The Kier molecular flexibility index (Phi) is 5.12. The van der Waals surface area contributed by atoms with Crippen LogP contribution in [0.15, 0.2) is 72.0 Å². The predicted octanol–water partition coefficient (Wildman–Crippen LogP) is 3.43. The molecule has 138 valence electrons. The van der Waals surface area contributed by atoms with Crippen LogP contribution in [0.1, 0.15) is 17.0 Å². The highest BCUT2D eigenvalue weighted by Crippen LogP contribution is 2.13. The zero-order valence-electron chi connectivity index (χ0n) is 15.0. The van der Waals surface area contributed by atoms with Gasteiger partial charge >= 0.3 is 0 Å². The van der Waals surface area contributed by atoms with Gasteiger partial charge in [0, 0.05) is 0 Å². The molecule has 0 atom stereocenters. The van der Waals surface area contributed by atoms with Crippen LogP contribution in [0.2, 0.25) is 0 Å². The van der Waals surface area contributed by atoms with E-state index in [-0.39, 0.29) is 5.56 Å². The van der Waals surface area contributed by atoms with Crippen molar-refractivity contribution in [2.24, 2.45) is 0 Å². The molecule has 0 bridgehead atoms. The van der Waals surface area contributed by atoms with Crippen LogP contribution in [-0.2, 0) is 0 Å². The van der Waals surface area contributed by atoms with Crippen molar-refractivity contribution in [1.82, 2.24) is 14.6 Å². The van der Waals surface area contributed by atoms with Crippen molar-refractivity contribution < 1.29 is 4.74 Å². The van der Waals surface area contributed by atoms with Crippen molar-refractivity contribution >= 4 is 34.5 Å². The molecule has 0 saturated heterocycles. The van der Waals surface area contributed by atoms with Gasteiger partial charge in [0.1, 0.15) is 12.4 Å². The molecule has 0 saturated carbocycles. The van der Waals surface area contributed by atoms with Gasteiger partial charge in [0.15, 0.2) is 5.82 Å². The van der Waals surface area contributed by atoms with Gasteiger partial charge in [-0.2, -0.15) is 9.50 Å². The molecular weight excluding hydrogens is 370 g/mol. The highest BCUT2D eigenvalue weighted by Gasteiger charge is 2.08. The van der Waals surface area contributed by atoms with Gasteiger partial charge in [-0.3, -0.25) is 4.79 Å². The summed E-state index contributed by atoms with van der Waals surface area (Å²) in [6.07, 6.45) is 7.26. The third-order valence-corrected chi connectivity index (χ3v) is 4.93. The molecule has 0 unspecified atom stereocenters. The van der Waals surface area contributed by atoms with E-state index in [1.54, 1.807) is 12.2 Å². The summed E-state index contributed by atoms with van der Waals surface area (Å²) < 4.78 is 7.41. The molecule has 0 aliphatic carbocycles. The van der Waals surface area contributed by atoms with E-state index >= 15 is 0 Å². The first-order chi connectivity index (χ1) is 13.7. The number of rotatable bonds is 6. The van der Waals surface area contributed by atoms with Gasteiger partial charge in [-0.1, -0.05) is 72.5 Å². The van der Waals surface area contributed by atoms with Gasteiger partial charge < -0.3 is 4.74 Å². The first-order valence-electron chi connectivity index (χ1n) is 8.71. The zero-order chi connectivity index (χ0) is 19.3. The van der Waals surface area contributed by atoms with E-state index in [2.05, 4.69) is 16.7 Å². The molecule has 2 aromatic carbocycles. The fraction of sp³-hybridized carbons (Fsp3) is 0.0455. The summed E-state index contributed by atoms with van der Waals surface area (Å²) in [7, 11) is 0. The number of hydrogen-bond acceptors (Lipinski definition) is 5. The molecule has 0 aliphatic rings.